The van der Waals surface area contributed by atoms with Crippen molar-refractivity contribution in [2.24, 2.45) is 0 Å². The smallest absolute Gasteiger partial charge is 0.0668 e. The van der Waals surface area contributed by atoms with Crippen molar-refractivity contribution < 1.29 is 4.74 Å². The Morgan fingerprint density at radius 1 is 1.31 bits per heavy atom. The van der Waals surface area contributed by atoms with Crippen LogP contribution < -0.4 is 5.32 Å². The number of anilines is 1. The van der Waals surface area contributed by atoms with Gasteiger partial charge in [-0.15, -0.1) is 0 Å². The molecule has 88 valence electrons. The molecule has 0 radical (unpaired) electrons. The zero-order chi connectivity index (χ0) is 11.2. The maximum Gasteiger partial charge on any atom is 0.0668 e. The fourth-order valence-electron chi connectivity index (χ4n) is 2.03. The molecule has 0 aromatic heterocycles. The Morgan fingerprint density at radius 2 is 2.12 bits per heavy atom. The molecule has 2 nitrogen and oxygen atoms in total. The summed E-state index contributed by atoms with van der Waals surface area (Å²) in [5, 5.41) is 3.50. The highest BCUT2D eigenvalue weighted by Gasteiger charge is 2.14. The first kappa shape index (κ1) is 11.5. The van der Waals surface area contributed by atoms with E-state index in [4.69, 9.17) is 4.74 Å². The third-order valence-corrected chi connectivity index (χ3v) is 3.07. The van der Waals surface area contributed by atoms with Gasteiger partial charge in [0.2, 0.25) is 0 Å². The number of hydrogen-bond donors (Lipinski definition) is 1. The molecule has 2 heteroatoms. The molecule has 1 aromatic rings. The molecule has 1 aromatic carbocycles. The van der Waals surface area contributed by atoms with Gasteiger partial charge in [0.15, 0.2) is 0 Å². The number of nitrogens with one attached hydrogen (secondary N) is 1. The molecule has 16 heavy (non-hydrogen) atoms. The lowest BCUT2D eigenvalue weighted by molar-refractivity contribution is 0.195. The van der Waals surface area contributed by atoms with Crippen LogP contribution in [0, 0.1) is 0 Å². The van der Waals surface area contributed by atoms with Crippen LogP contribution in [-0.2, 0) is 11.2 Å². The second-order valence-electron chi connectivity index (χ2n) is 4.51. The number of benzene rings is 1. The number of hydrogen-bond acceptors (Lipinski definition) is 2. The van der Waals surface area contributed by atoms with Gasteiger partial charge in [-0.2, -0.15) is 0 Å². The van der Waals surface area contributed by atoms with Gasteiger partial charge in [-0.05, 0) is 37.0 Å². The molecule has 1 saturated heterocycles. The van der Waals surface area contributed by atoms with Crippen LogP contribution in [-0.4, -0.2) is 19.3 Å². The van der Waals surface area contributed by atoms with Gasteiger partial charge in [-0.1, -0.05) is 25.5 Å². The van der Waals surface area contributed by atoms with E-state index in [-0.39, 0.29) is 0 Å². The van der Waals surface area contributed by atoms with Crippen LogP contribution in [0.15, 0.2) is 24.3 Å². The highest BCUT2D eigenvalue weighted by Crippen LogP contribution is 2.15. The van der Waals surface area contributed by atoms with Gasteiger partial charge in [0.05, 0.1) is 12.6 Å². The van der Waals surface area contributed by atoms with E-state index in [2.05, 4.69) is 36.5 Å². The molecule has 1 fully saturated rings. The molecule has 0 amide bonds. The normalized spacial score (nSPS) is 19.9. The van der Waals surface area contributed by atoms with E-state index < -0.39 is 0 Å². The molecule has 0 aliphatic carbocycles. The Bertz CT molecular complexity index is 301. The third-order valence-electron chi connectivity index (χ3n) is 3.07. The van der Waals surface area contributed by atoms with E-state index in [1.54, 1.807) is 0 Å². The van der Waals surface area contributed by atoms with Crippen molar-refractivity contribution in [1.29, 1.82) is 0 Å². The molecular formula is C14H21NO. The fraction of sp³-hybridized carbons (Fsp3) is 0.571. The maximum absolute atomic E-state index is 5.34. The summed E-state index contributed by atoms with van der Waals surface area (Å²) >= 11 is 0. The van der Waals surface area contributed by atoms with E-state index in [0.717, 1.165) is 19.6 Å². The molecular weight excluding hydrogens is 198 g/mol. The van der Waals surface area contributed by atoms with Crippen molar-refractivity contribution in [3.05, 3.63) is 29.8 Å². The van der Waals surface area contributed by atoms with Gasteiger partial charge >= 0.3 is 0 Å². The minimum atomic E-state index is 0.501. The van der Waals surface area contributed by atoms with Gasteiger partial charge in [0.25, 0.3) is 0 Å². The SMILES string of the molecule is CCCCc1ccc(NC2CCOC2)cc1. The Kier molecular flexibility index (Phi) is 4.23. The average molecular weight is 219 g/mol. The molecule has 1 aliphatic heterocycles. The van der Waals surface area contributed by atoms with Crippen molar-refractivity contribution in [2.75, 3.05) is 18.5 Å². The first-order valence-electron chi connectivity index (χ1n) is 6.31. The van der Waals surface area contributed by atoms with E-state index >= 15 is 0 Å². The van der Waals surface area contributed by atoms with Gasteiger partial charge in [-0.25, -0.2) is 0 Å². The summed E-state index contributed by atoms with van der Waals surface area (Å²) in [6, 6.07) is 9.33. The van der Waals surface area contributed by atoms with Gasteiger partial charge in [0.1, 0.15) is 0 Å². The van der Waals surface area contributed by atoms with Gasteiger partial charge < -0.3 is 10.1 Å². The lowest BCUT2D eigenvalue weighted by atomic mass is 10.1. The standard InChI is InChI=1S/C14H21NO/c1-2-3-4-12-5-7-13(8-6-12)15-14-9-10-16-11-14/h5-8,14-15H,2-4,9-11H2,1H3. The van der Waals surface area contributed by atoms with Crippen LogP contribution >= 0.6 is 0 Å². The average Bonchev–Trinajstić information content (AvgIpc) is 2.81. The maximum atomic E-state index is 5.34. The molecule has 1 N–H and O–H groups in total. The molecule has 0 saturated carbocycles. The zero-order valence-corrected chi connectivity index (χ0v) is 10.0. The number of aryl methyl sites for hydroxylation is 1. The zero-order valence-electron chi connectivity index (χ0n) is 10.0. The van der Waals surface area contributed by atoms with Crippen molar-refractivity contribution >= 4 is 5.69 Å². The van der Waals surface area contributed by atoms with E-state index in [9.17, 15) is 0 Å². The van der Waals surface area contributed by atoms with Crippen LogP contribution in [0.3, 0.4) is 0 Å². The van der Waals surface area contributed by atoms with Crippen LogP contribution in [0.25, 0.3) is 0 Å². The Hall–Kier alpha value is -1.02. The molecule has 1 unspecified atom stereocenters. The quantitative estimate of drug-likeness (QED) is 0.821. The van der Waals surface area contributed by atoms with Crippen LogP contribution in [0.4, 0.5) is 5.69 Å². The summed E-state index contributed by atoms with van der Waals surface area (Å²) in [7, 11) is 0. The lowest BCUT2D eigenvalue weighted by Gasteiger charge is -2.12. The Labute approximate surface area is 98.0 Å². The second-order valence-corrected chi connectivity index (χ2v) is 4.51. The summed E-state index contributed by atoms with van der Waals surface area (Å²) in [5.41, 5.74) is 2.66. The summed E-state index contributed by atoms with van der Waals surface area (Å²) < 4.78 is 5.34. The van der Waals surface area contributed by atoms with Gasteiger partial charge in [-0.3, -0.25) is 0 Å². The Morgan fingerprint density at radius 3 is 2.75 bits per heavy atom. The first-order valence-corrected chi connectivity index (χ1v) is 6.31. The fourth-order valence-corrected chi connectivity index (χ4v) is 2.03. The number of ether oxygens (including phenoxy) is 1. The minimum Gasteiger partial charge on any atom is -0.380 e. The lowest BCUT2D eigenvalue weighted by Crippen LogP contribution is -2.18. The van der Waals surface area contributed by atoms with Crippen LogP contribution in [0.5, 0.6) is 0 Å². The topological polar surface area (TPSA) is 21.3 Å². The number of rotatable bonds is 5. The summed E-state index contributed by atoms with van der Waals surface area (Å²) in [5.74, 6) is 0. The monoisotopic (exact) mass is 219 g/mol. The van der Waals surface area contributed by atoms with E-state index in [0.29, 0.717) is 6.04 Å². The Balaban J connectivity index is 1.86. The molecule has 1 aliphatic rings. The molecule has 0 spiro atoms. The van der Waals surface area contributed by atoms with Crippen molar-refractivity contribution in [1.82, 2.24) is 0 Å². The summed E-state index contributed by atoms with van der Waals surface area (Å²) in [6.07, 6.45) is 4.86. The van der Waals surface area contributed by atoms with E-state index in [1.165, 1.54) is 30.5 Å². The highest BCUT2D eigenvalue weighted by molar-refractivity contribution is 5.45. The molecule has 1 atom stereocenters. The number of unbranched alkanes of at least 4 members (excludes halogenated alkanes) is 1. The van der Waals surface area contributed by atoms with E-state index in [1.807, 2.05) is 0 Å². The molecule has 0 bridgehead atoms. The predicted molar refractivity (Wildman–Crippen MR) is 67.9 cm³/mol. The highest BCUT2D eigenvalue weighted by atomic mass is 16.5. The molecule has 1 heterocycles. The summed E-state index contributed by atoms with van der Waals surface area (Å²) in [4.78, 5) is 0. The third kappa shape index (κ3) is 3.24. The van der Waals surface area contributed by atoms with Crippen LogP contribution in [0.1, 0.15) is 31.7 Å². The first-order chi connectivity index (χ1) is 7.88. The minimum absolute atomic E-state index is 0.501. The van der Waals surface area contributed by atoms with Gasteiger partial charge in [0, 0.05) is 12.3 Å². The van der Waals surface area contributed by atoms with Crippen molar-refractivity contribution in [3.8, 4) is 0 Å². The van der Waals surface area contributed by atoms with Crippen molar-refractivity contribution in [3.63, 3.8) is 0 Å². The summed E-state index contributed by atoms with van der Waals surface area (Å²) in [6.45, 7) is 3.97. The largest absolute Gasteiger partial charge is 0.380 e. The second kappa shape index (κ2) is 5.90. The van der Waals surface area contributed by atoms with Crippen molar-refractivity contribution in [2.45, 2.75) is 38.6 Å². The van der Waals surface area contributed by atoms with Crippen LogP contribution in [0.2, 0.25) is 0 Å². The predicted octanol–water partition coefficient (Wildman–Crippen LogP) is 3.23. The molecule has 2 rings (SSSR count).